The first-order valence-electron chi connectivity index (χ1n) is 10.3. The first-order chi connectivity index (χ1) is 15.0. The highest BCUT2D eigenvalue weighted by molar-refractivity contribution is 5.99. The Labute approximate surface area is 182 Å². The van der Waals surface area contributed by atoms with Gasteiger partial charge in [-0.3, -0.25) is 4.90 Å². The lowest BCUT2D eigenvalue weighted by atomic mass is 9.80. The Morgan fingerprint density at radius 2 is 1.68 bits per heavy atom. The highest BCUT2D eigenvalue weighted by Gasteiger charge is 2.37. The summed E-state index contributed by atoms with van der Waals surface area (Å²) in [5, 5.41) is 3.11. The molecule has 8 heteroatoms. The molecular weight excluding hydrogens is 400 g/mol. The van der Waals surface area contributed by atoms with Gasteiger partial charge in [0.15, 0.2) is 0 Å². The van der Waals surface area contributed by atoms with E-state index in [9.17, 15) is 9.59 Å². The fraction of sp³-hybridized carbons (Fsp3) is 0.478. The largest absolute Gasteiger partial charge is 0.492 e. The van der Waals surface area contributed by atoms with Crippen molar-refractivity contribution < 1.29 is 28.5 Å². The van der Waals surface area contributed by atoms with Crippen LogP contribution in [0.15, 0.2) is 46.8 Å². The topological polar surface area (TPSA) is 86.3 Å². The maximum Gasteiger partial charge on any atom is 0.336 e. The molecule has 1 fully saturated rings. The van der Waals surface area contributed by atoms with Gasteiger partial charge in [0.1, 0.15) is 12.4 Å². The summed E-state index contributed by atoms with van der Waals surface area (Å²) in [5.41, 5.74) is 2.78. The van der Waals surface area contributed by atoms with Gasteiger partial charge >= 0.3 is 11.9 Å². The van der Waals surface area contributed by atoms with Crippen LogP contribution in [0.1, 0.15) is 25.3 Å². The predicted octanol–water partition coefficient (Wildman–Crippen LogP) is 1.98. The quantitative estimate of drug-likeness (QED) is 0.658. The van der Waals surface area contributed by atoms with Crippen molar-refractivity contribution in [2.45, 2.75) is 19.8 Å². The number of morpholine rings is 1. The van der Waals surface area contributed by atoms with Gasteiger partial charge in [-0.15, -0.1) is 0 Å². The van der Waals surface area contributed by atoms with Crippen molar-refractivity contribution in [3.8, 4) is 5.75 Å². The molecule has 1 aromatic rings. The Hall–Kier alpha value is -2.84. The molecule has 168 valence electrons. The summed E-state index contributed by atoms with van der Waals surface area (Å²) in [6.45, 7) is 8.21. The van der Waals surface area contributed by atoms with Crippen molar-refractivity contribution >= 4 is 11.9 Å². The van der Waals surface area contributed by atoms with Crippen LogP contribution in [0.25, 0.3) is 0 Å². The van der Waals surface area contributed by atoms with E-state index in [0.29, 0.717) is 34.9 Å². The maximum atomic E-state index is 12.6. The van der Waals surface area contributed by atoms with Crippen molar-refractivity contribution in [2.24, 2.45) is 0 Å². The molecule has 0 aliphatic carbocycles. The number of carbonyl (C=O) groups excluding carboxylic acids is 2. The van der Waals surface area contributed by atoms with E-state index in [0.717, 1.165) is 38.4 Å². The molecule has 0 unspecified atom stereocenters. The van der Waals surface area contributed by atoms with Crippen LogP contribution in [0.4, 0.5) is 0 Å². The van der Waals surface area contributed by atoms with Crippen molar-refractivity contribution in [3.63, 3.8) is 0 Å². The molecule has 1 aromatic carbocycles. The van der Waals surface area contributed by atoms with E-state index in [-0.39, 0.29) is 0 Å². The number of benzene rings is 1. The highest BCUT2D eigenvalue weighted by atomic mass is 16.5. The number of ether oxygens (including phenoxy) is 4. The smallest absolute Gasteiger partial charge is 0.336 e. The molecule has 1 N–H and O–H groups in total. The van der Waals surface area contributed by atoms with Crippen LogP contribution in [-0.2, 0) is 23.8 Å². The normalized spacial score (nSPS) is 17.9. The van der Waals surface area contributed by atoms with Gasteiger partial charge in [0.2, 0.25) is 0 Å². The average molecular weight is 431 g/mol. The summed E-state index contributed by atoms with van der Waals surface area (Å²) in [5.74, 6) is -0.943. The minimum atomic E-state index is -0.621. The van der Waals surface area contributed by atoms with Gasteiger partial charge in [0, 0.05) is 31.0 Å². The second-order valence-corrected chi connectivity index (χ2v) is 7.49. The Morgan fingerprint density at radius 1 is 1.06 bits per heavy atom. The first kappa shape index (κ1) is 22.8. The molecule has 0 bridgehead atoms. The zero-order valence-corrected chi connectivity index (χ0v) is 18.5. The van der Waals surface area contributed by atoms with E-state index in [4.69, 9.17) is 18.9 Å². The van der Waals surface area contributed by atoms with Gasteiger partial charge < -0.3 is 24.3 Å². The number of methoxy groups -OCH3 is 2. The summed E-state index contributed by atoms with van der Waals surface area (Å²) >= 11 is 0. The lowest BCUT2D eigenvalue weighted by molar-refractivity contribution is -0.137. The summed E-state index contributed by atoms with van der Waals surface area (Å²) in [7, 11) is 2.65. The third-order valence-electron chi connectivity index (χ3n) is 5.54. The number of dihydropyridines is 1. The molecule has 3 rings (SSSR count). The standard InChI is InChI=1S/C23H30N2O6/c1-15-19(22(26)28-3)21(20(16(2)24-15)23(27)29-4)17-6-5-7-18(14-17)31-13-10-25-8-11-30-12-9-25/h5-7,14,21,24H,8-13H2,1-4H3. The summed E-state index contributed by atoms with van der Waals surface area (Å²) in [6.07, 6.45) is 0. The summed E-state index contributed by atoms with van der Waals surface area (Å²) in [6, 6.07) is 7.46. The van der Waals surface area contributed by atoms with E-state index in [1.165, 1.54) is 14.2 Å². The Morgan fingerprint density at radius 3 is 2.26 bits per heavy atom. The van der Waals surface area contributed by atoms with Gasteiger partial charge in [0.05, 0.1) is 44.5 Å². The molecule has 0 saturated carbocycles. The van der Waals surface area contributed by atoms with E-state index in [1.807, 2.05) is 24.3 Å². The number of carbonyl (C=O) groups is 2. The van der Waals surface area contributed by atoms with Gasteiger partial charge in [-0.25, -0.2) is 9.59 Å². The number of allylic oxidation sites excluding steroid dienone is 2. The lowest BCUT2D eigenvalue weighted by Gasteiger charge is -2.30. The van der Waals surface area contributed by atoms with Crippen LogP contribution in [-0.4, -0.2) is 70.5 Å². The molecule has 2 aliphatic heterocycles. The van der Waals surface area contributed by atoms with E-state index in [1.54, 1.807) is 13.8 Å². The lowest BCUT2D eigenvalue weighted by Crippen LogP contribution is -2.38. The van der Waals surface area contributed by atoms with E-state index in [2.05, 4.69) is 10.2 Å². The monoisotopic (exact) mass is 430 g/mol. The fourth-order valence-electron chi connectivity index (χ4n) is 3.99. The van der Waals surface area contributed by atoms with Gasteiger partial charge in [-0.2, -0.15) is 0 Å². The van der Waals surface area contributed by atoms with Crippen LogP contribution in [0.5, 0.6) is 5.75 Å². The molecular formula is C23H30N2O6. The zero-order chi connectivity index (χ0) is 22.4. The van der Waals surface area contributed by atoms with Crippen LogP contribution in [0.2, 0.25) is 0 Å². The van der Waals surface area contributed by atoms with Gasteiger partial charge in [-0.1, -0.05) is 12.1 Å². The SMILES string of the molecule is COC(=O)C1=C(C)NC(C)=C(C(=O)OC)C1c1cccc(OCCN2CCOCC2)c1. The molecule has 2 heterocycles. The molecule has 0 spiro atoms. The first-order valence-corrected chi connectivity index (χ1v) is 10.3. The molecule has 2 aliphatic rings. The molecule has 0 amide bonds. The second-order valence-electron chi connectivity index (χ2n) is 7.49. The molecule has 8 nitrogen and oxygen atoms in total. The van der Waals surface area contributed by atoms with Crippen LogP contribution < -0.4 is 10.1 Å². The number of nitrogens with zero attached hydrogens (tertiary/aromatic N) is 1. The number of hydrogen-bond donors (Lipinski definition) is 1. The van der Waals surface area contributed by atoms with Gasteiger partial charge in [0.25, 0.3) is 0 Å². The second kappa shape index (κ2) is 10.5. The van der Waals surface area contributed by atoms with E-state index >= 15 is 0 Å². The number of nitrogens with one attached hydrogen (secondary N) is 1. The van der Waals surface area contributed by atoms with Crippen LogP contribution in [0.3, 0.4) is 0 Å². The third kappa shape index (κ3) is 5.26. The number of rotatable bonds is 7. The minimum absolute atomic E-state index is 0.374. The average Bonchev–Trinajstić information content (AvgIpc) is 2.78. The Bertz CT molecular complexity index is 848. The number of hydrogen-bond acceptors (Lipinski definition) is 8. The van der Waals surface area contributed by atoms with Gasteiger partial charge in [-0.05, 0) is 31.5 Å². The van der Waals surface area contributed by atoms with Crippen molar-refractivity contribution in [1.29, 1.82) is 0 Å². The van der Waals surface area contributed by atoms with E-state index < -0.39 is 17.9 Å². The Kier molecular flexibility index (Phi) is 7.70. The molecule has 0 aromatic heterocycles. The van der Waals surface area contributed by atoms with Crippen molar-refractivity contribution in [1.82, 2.24) is 10.2 Å². The van der Waals surface area contributed by atoms with Crippen molar-refractivity contribution in [3.05, 3.63) is 52.4 Å². The zero-order valence-electron chi connectivity index (χ0n) is 18.5. The van der Waals surface area contributed by atoms with Crippen LogP contribution >= 0.6 is 0 Å². The fourth-order valence-corrected chi connectivity index (χ4v) is 3.99. The summed E-state index contributed by atoms with van der Waals surface area (Å²) in [4.78, 5) is 27.5. The molecule has 31 heavy (non-hydrogen) atoms. The number of esters is 2. The van der Waals surface area contributed by atoms with Crippen LogP contribution in [0, 0.1) is 0 Å². The molecule has 0 radical (unpaired) electrons. The minimum Gasteiger partial charge on any atom is -0.492 e. The molecule has 0 atom stereocenters. The predicted molar refractivity (Wildman–Crippen MR) is 115 cm³/mol. The Balaban J connectivity index is 1.87. The summed E-state index contributed by atoms with van der Waals surface area (Å²) < 4.78 is 21.4. The maximum absolute atomic E-state index is 12.6. The third-order valence-corrected chi connectivity index (χ3v) is 5.54. The molecule has 1 saturated heterocycles. The highest BCUT2D eigenvalue weighted by Crippen LogP contribution is 2.40. The van der Waals surface area contributed by atoms with Crippen molar-refractivity contribution in [2.75, 3.05) is 53.7 Å².